The summed E-state index contributed by atoms with van der Waals surface area (Å²) in [5.41, 5.74) is 0. The van der Waals surface area contributed by atoms with E-state index in [1.807, 2.05) is 0 Å². The zero-order valence-corrected chi connectivity index (χ0v) is 15.3. The van der Waals surface area contributed by atoms with Gasteiger partial charge in [-0.15, -0.1) is 0 Å². The van der Waals surface area contributed by atoms with Crippen LogP contribution in [0.15, 0.2) is 0 Å². The van der Waals surface area contributed by atoms with Crippen LogP contribution >= 0.6 is 45.2 Å². The van der Waals surface area contributed by atoms with Gasteiger partial charge in [-0.3, -0.25) is 0 Å². The number of hydrogen-bond acceptors (Lipinski definition) is 0. The van der Waals surface area contributed by atoms with E-state index in [1.165, 1.54) is 60.2 Å². The number of unbranched alkanes of at least 4 members (excludes halogenated alkanes) is 4. The monoisotopic (exact) mass is 450 g/mol. The Hall–Kier alpha value is 1.46. The van der Waals surface area contributed by atoms with Gasteiger partial charge in [-0.25, -0.2) is 0 Å². The Morgan fingerprint density at radius 2 is 1.44 bits per heavy atom. The molecule has 0 bridgehead atoms. The van der Waals surface area contributed by atoms with Crippen LogP contribution in [0.1, 0.15) is 65.2 Å². The molecule has 0 heterocycles. The fraction of sp³-hybridized carbons (Fsp3) is 1.00. The standard InChI is InChI=1S/C14H28I2/c1-3-5-6-7-8-9-14(12-16)10-13(4-2)11-15/h13-14H,3-12H2,1-2H3. The molecule has 0 radical (unpaired) electrons. The Balaban J connectivity index is 3.57. The molecule has 0 saturated heterocycles. The van der Waals surface area contributed by atoms with E-state index in [0.717, 1.165) is 11.8 Å². The largest absolute Gasteiger partial charge is 0.0861 e. The van der Waals surface area contributed by atoms with E-state index in [9.17, 15) is 0 Å². The molecule has 0 spiro atoms. The number of rotatable bonds is 11. The molecule has 0 aromatic rings. The van der Waals surface area contributed by atoms with Crippen molar-refractivity contribution < 1.29 is 0 Å². The van der Waals surface area contributed by atoms with Crippen LogP contribution in [0.25, 0.3) is 0 Å². The van der Waals surface area contributed by atoms with Crippen molar-refractivity contribution in [3.63, 3.8) is 0 Å². The molecule has 0 fully saturated rings. The molecule has 0 aliphatic heterocycles. The third-order valence-corrected chi connectivity index (χ3v) is 5.89. The molecule has 2 heteroatoms. The van der Waals surface area contributed by atoms with Gasteiger partial charge in [0.1, 0.15) is 0 Å². The maximum Gasteiger partial charge on any atom is 0.00238 e. The lowest BCUT2D eigenvalue weighted by Crippen LogP contribution is -2.11. The van der Waals surface area contributed by atoms with Gasteiger partial charge in [-0.2, -0.15) is 0 Å². The molecule has 0 saturated carbocycles. The van der Waals surface area contributed by atoms with Crippen molar-refractivity contribution in [3.05, 3.63) is 0 Å². The third kappa shape index (κ3) is 9.49. The number of hydrogen-bond donors (Lipinski definition) is 0. The predicted molar refractivity (Wildman–Crippen MR) is 93.0 cm³/mol. The van der Waals surface area contributed by atoms with E-state index in [0.29, 0.717) is 0 Å². The third-order valence-electron chi connectivity index (χ3n) is 3.40. The molecule has 2 atom stereocenters. The second kappa shape index (κ2) is 12.9. The zero-order valence-electron chi connectivity index (χ0n) is 11.0. The Kier molecular flexibility index (Phi) is 14.1. The smallest absolute Gasteiger partial charge is 0.00238 e. The predicted octanol–water partition coefficient (Wildman–Crippen LogP) is 6.25. The highest BCUT2D eigenvalue weighted by Crippen LogP contribution is 2.24. The van der Waals surface area contributed by atoms with E-state index in [-0.39, 0.29) is 0 Å². The molecule has 0 aromatic heterocycles. The van der Waals surface area contributed by atoms with Crippen LogP contribution in [0.4, 0.5) is 0 Å². The Morgan fingerprint density at radius 3 is 1.94 bits per heavy atom. The molecular formula is C14H28I2. The van der Waals surface area contributed by atoms with Crippen LogP contribution in [0.3, 0.4) is 0 Å². The molecule has 16 heavy (non-hydrogen) atoms. The summed E-state index contributed by atoms with van der Waals surface area (Å²) in [4.78, 5) is 0. The van der Waals surface area contributed by atoms with Gasteiger partial charge in [0.15, 0.2) is 0 Å². The second-order valence-corrected chi connectivity index (χ2v) is 6.65. The first kappa shape index (κ1) is 17.5. The maximum atomic E-state index is 2.58. The lowest BCUT2D eigenvalue weighted by atomic mass is 9.91. The SMILES string of the molecule is CCCCCCCC(CI)CC(CC)CI. The van der Waals surface area contributed by atoms with Crippen LogP contribution in [-0.4, -0.2) is 8.86 Å². The second-order valence-electron chi connectivity index (χ2n) is 4.89. The van der Waals surface area contributed by atoms with Crippen LogP contribution in [-0.2, 0) is 0 Å². The Labute approximate surface area is 130 Å². The van der Waals surface area contributed by atoms with Crippen LogP contribution in [0.2, 0.25) is 0 Å². The van der Waals surface area contributed by atoms with Gasteiger partial charge >= 0.3 is 0 Å². The van der Waals surface area contributed by atoms with Gasteiger partial charge in [0, 0.05) is 8.86 Å². The van der Waals surface area contributed by atoms with Gasteiger partial charge in [0.05, 0.1) is 0 Å². The van der Waals surface area contributed by atoms with Crippen LogP contribution < -0.4 is 0 Å². The number of halogens is 2. The van der Waals surface area contributed by atoms with E-state index in [2.05, 4.69) is 59.0 Å². The molecule has 0 aliphatic carbocycles. The summed E-state index contributed by atoms with van der Waals surface area (Å²) in [6.45, 7) is 4.63. The molecule has 0 amide bonds. The first-order valence-electron chi connectivity index (χ1n) is 6.90. The Bertz CT molecular complexity index is 133. The average Bonchev–Trinajstić information content (AvgIpc) is 2.33. The molecule has 0 nitrogen and oxygen atoms in total. The molecule has 98 valence electrons. The first-order chi connectivity index (χ1) is 7.78. The normalized spacial score (nSPS) is 15.0. The van der Waals surface area contributed by atoms with Crippen molar-refractivity contribution in [2.45, 2.75) is 65.2 Å². The summed E-state index contributed by atoms with van der Waals surface area (Å²) in [6.07, 6.45) is 11.5. The first-order valence-corrected chi connectivity index (χ1v) is 9.95. The molecule has 0 aliphatic rings. The van der Waals surface area contributed by atoms with Gasteiger partial charge < -0.3 is 0 Å². The zero-order chi connectivity index (χ0) is 12.2. The molecule has 0 aromatic carbocycles. The van der Waals surface area contributed by atoms with Crippen molar-refractivity contribution in [2.24, 2.45) is 11.8 Å². The van der Waals surface area contributed by atoms with E-state index in [4.69, 9.17) is 0 Å². The van der Waals surface area contributed by atoms with Crippen LogP contribution in [0, 0.1) is 11.8 Å². The average molecular weight is 450 g/mol. The van der Waals surface area contributed by atoms with Crippen molar-refractivity contribution in [3.8, 4) is 0 Å². The summed E-state index contributed by atoms with van der Waals surface area (Å²) in [7, 11) is 0. The van der Waals surface area contributed by atoms with E-state index < -0.39 is 0 Å². The molecule has 0 N–H and O–H groups in total. The van der Waals surface area contributed by atoms with Gasteiger partial charge in [-0.05, 0) is 24.7 Å². The summed E-state index contributed by atoms with van der Waals surface area (Å²) in [5, 5.41) is 0. The van der Waals surface area contributed by atoms with Crippen molar-refractivity contribution in [1.29, 1.82) is 0 Å². The fourth-order valence-electron chi connectivity index (χ4n) is 2.10. The highest BCUT2D eigenvalue weighted by Gasteiger charge is 2.13. The van der Waals surface area contributed by atoms with Crippen molar-refractivity contribution >= 4 is 45.2 Å². The molecule has 2 unspecified atom stereocenters. The van der Waals surface area contributed by atoms with Crippen molar-refractivity contribution in [1.82, 2.24) is 0 Å². The molecule has 0 rings (SSSR count). The van der Waals surface area contributed by atoms with Crippen molar-refractivity contribution in [2.75, 3.05) is 8.86 Å². The summed E-state index contributed by atoms with van der Waals surface area (Å²) >= 11 is 5.13. The van der Waals surface area contributed by atoms with Gasteiger partial charge in [0.25, 0.3) is 0 Å². The van der Waals surface area contributed by atoms with Gasteiger partial charge in [0.2, 0.25) is 0 Å². The minimum absolute atomic E-state index is 0.969. The minimum Gasteiger partial charge on any atom is -0.0861 e. The fourth-order valence-corrected chi connectivity index (χ4v) is 3.89. The highest BCUT2D eigenvalue weighted by atomic mass is 127. The minimum atomic E-state index is 0.969. The summed E-state index contributed by atoms with van der Waals surface area (Å²) < 4.78 is 2.70. The quantitative estimate of drug-likeness (QED) is 0.198. The van der Waals surface area contributed by atoms with E-state index in [1.54, 1.807) is 0 Å². The maximum absolute atomic E-state index is 2.58. The summed E-state index contributed by atoms with van der Waals surface area (Å²) in [6, 6.07) is 0. The lowest BCUT2D eigenvalue weighted by molar-refractivity contribution is 0.389. The molecular weight excluding hydrogens is 422 g/mol. The van der Waals surface area contributed by atoms with Crippen LogP contribution in [0.5, 0.6) is 0 Å². The highest BCUT2D eigenvalue weighted by molar-refractivity contribution is 14.1. The Morgan fingerprint density at radius 1 is 0.812 bits per heavy atom. The van der Waals surface area contributed by atoms with Gasteiger partial charge in [-0.1, -0.05) is 97.6 Å². The van der Waals surface area contributed by atoms with E-state index >= 15 is 0 Å². The topological polar surface area (TPSA) is 0 Å². The lowest BCUT2D eigenvalue weighted by Gasteiger charge is -2.19. The number of alkyl halides is 2. The summed E-state index contributed by atoms with van der Waals surface area (Å²) in [5.74, 6) is 1.96.